The number of hydrogen-bond acceptors (Lipinski definition) is 4. The molecule has 0 radical (unpaired) electrons. The standard InChI is InChI=1S/C23H16N2O5/c1-24-17-12-6-5-10-15(17)20(21(24)14-8-3-2-4-9-14)22(26)16-11-7-13-18(25(29)30)19(16)23(27)28/h2-13H,1H3,(H,27,28). The summed E-state index contributed by atoms with van der Waals surface area (Å²) in [4.78, 5) is 36.1. The molecule has 0 aliphatic rings. The lowest BCUT2D eigenvalue weighted by molar-refractivity contribution is -0.385. The molecule has 0 fully saturated rings. The van der Waals surface area contributed by atoms with Crippen molar-refractivity contribution in [3.05, 3.63) is 99.6 Å². The topological polar surface area (TPSA) is 102 Å². The summed E-state index contributed by atoms with van der Waals surface area (Å²) in [5.41, 5.74) is 1.05. The van der Waals surface area contributed by atoms with Crippen molar-refractivity contribution >= 4 is 28.3 Å². The Balaban J connectivity index is 2.07. The smallest absolute Gasteiger partial charge is 0.343 e. The number of aromatic nitrogens is 1. The number of carbonyl (C=O) groups excluding carboxylic acids is 1. The second kappa shape index (κ2) is 7.29. The Morgan fingerprint density at radius 1 is 0.900 bits per heavy atom. The van der Waals surface area contributed by atoms with Gasteiger partial charge in [-0.1, -0.05) is 54.6 Å². The van der Waals surface area contributed by atoms with Crippen molar-refractivity contribution < 1.29 is 19.6 Å². The highest BCUT2D eigenvalue weighted by Crippen LogP contribution is 2.36. The number of aromatic carboxylic acids is 1. The SMILES string of the molecule is Cn1c(-c2ccccc2)c(C(=O)c2cccc([N+](=O)[O-])c2C(=O)O)c2ccccc21. The molecule has 0 aliphatic carbocycles. The van der Waals surface area contributed by atoms with Gasteiger partial charge in [0.05, 0.1) is 16.2 Å². The van der Waals surface area contributed by atoms with Crippen molar-refractivity contribution in [3.8, 4) is 11.3 Å². The first-order chi connectivity index (χ1) is 14.4. The van der Waals surface area contributed by atoms with Gasteiger partial charge in [0.15, 0.2) is 5.78 Å². The normalized spacial score (nSPS) is 10.8. The van der Waals surface area contributed by atoms with Crippen molar-refractivity contribution in [2.24, 2.45) is 7.05 Å². The van der Waals surface area contributed by atoms with Gasteiger partial charge in [0.2, 0.25) is 0 Å². The molecule has 30 heavy (non-hydrogen) atoms. The van der Waals surface area contributed by atoms with E-state index in [0.717, 1.165) is 17.1 Å². The van der Waals surface area contributed by atoms with Gasteiger partial charge in [0.1, 0.15) is 5.56 Å². The molecule has 0 saturated carbocycles. The molecule has 7 heteroatoms. The van der Waals surface area contributed by atoms with Crippen LogP contribution in [-0.4, -0.2) is 26.3 Å². The number of rotatable bonds is 5. The highest BCUT2D eigenvalue weighted by molar-refractivity contribution is 6.23. The van der Waals surface area contributed by atoms with Gasteiger partial charge in [0, 0.05) is 29.6 Å². The first-order valence-corrected chi connectivity index (χ1v) is 9.10. The monoisotopic (exact) mass is 400 g/mol. The maximum atomic E-state index is 13.7. The first-order valence-electron chi connectivity index (χ1n) is 9.10. The third-order valence-electron chi connectivity index (χ3n) is 5.08. The molecule has 0 spiro atoms. The fourth-order valence-electron chi connectivity index (χ4n) is 3.80. The largest absolute Gasteiger partial charge is 0.477 e. The number of nitro benzene ring substituents is 1. The van der Waals surface area contributed by atoms with Crippen LogP contribution in [0.25, 0.3) is 22.2 Å². The molecular weight excluding hydrogens is 384 g/mol. The fourth-order valence-corrected chi connectivity index (χ4v) is 3.80. The van der Waals surface area contributed by atoms with Crippen LogP contribution in [0.3, 0.4) is 0 Å². The minimum Gasteiger partial charge on any atom is -0.477 e. The van der Waals surface area contributed by atoms with Gasteiger partial charge < -0.3 is 9.67 Å². The summed E-state index contributed by atoms with van der Waals surface area (Å²) in [6.07, 6.45) is 0. The molecule has 7 nitrogen and oxygen atoms in total. The predicted molar refractivity (Wildman–Crippen MR) is 112 cm³/mol. The Hall–Kier alpha value is -4.26. The number of carbonyl (C=O) groups is 2. The van der Waals surface area contributed by atoms with Crippen LogP contribution in [-0.2, 0) is 7.05 Å². The fraction of sp³-hybridized carbons (Fsp3) is 0.0435. The molecule has 4 aromatic rings. The molecule has 0 bridgehead atoms. The van der Waals surface area contributed by atoms with Crippen LogP contribution < -0.4 is 0 Å². The van der Waals surface area contributed by atoms with Gasteiger partial charge >= 0.3 is 5.97 Å². The predicted octanol–water partition coefficient (Wildman–Crippen LogP) is 4.68. The van der Waals surface area contributed by atoms with Crippen LogP contribution in [0.15, 0.2) is 72.8 Å². The van der Waals surface area contributed by atoms with Crippen molar-refractivity contribution in [2.45, 2.75) is 0 Å². The molecule has 0 atom stereocenters. The lowest BCUT2D eigenvalue weighted by Gasteiger charge is -2.10. The zero-order valence-corrected chi connectivity index (χ0v) is 15.9. The summed E-state index contributed by atoms with van der Waals surface area (Å²) in [5.74, 6) is -2.10. The Morgan fingerprint density at radius 3 is 2.23 bits per heavy atom. The van der Waals surface area contributed by atoms with E-state index in [1.54, 1.807) is 12.1 Å². The van der Waals surface area contributed by atoms with Crippen LogP contribution in [0.4, 0.5) is 5.69 Å². The molecule has 0 unspecified atom stereocenters. The summed E-state index contributed by atoms with van der Waals surface area (Å²) < 4.78 is 1.87. The zero-order valence-electron chi connectivity index (χ0n) is 15.9. The van der Waals surface area contributed by atoms with E-state index in [2.05, 4.69) is 0 Å². The number of fused-ring (bicyclic) bond motifs is 1. The number of para-hydroxylation sites is 1. The average Bonchev–Trinajstić information content (AvgIpc) is 3.05. The molecule has 1 N–H and O–H groups in total. The molecule has 148 valence electrons. The van der Waals surface area contributed by atoms with Gasteiger partial charge in [0.25, 0.3) is 5.69 Å². The summed E-state index contributed by atoms with van der Waals surface area (Å²) in [5, 5.41) is 21.6. The Labute approximate surface area is 171 Å². The second-order valence-electron chi connectivity index (χ2n) is 6.76. The summed E-state index contributed by atoms with van der Waals surface area (Å²) in [6, 6.07) is 20.3. The number of carboxylic acid groups (broad SMARTS) is 1. The highest BCUT2D eigenvalue weighted by atomic mass is 16.6. The molecular formula is C23H16N2O5. The molecule has 3 aromatic carbocycles. The highest BCUT2D eigenvalue weighted by Gasteiger charge is 2.31. The minimum atomic E-state index is -1.52. The maximum absolute atomic E-state index is 13.7. The van der Waals surface area contributed by atoms with E-state index in [0.29, 0.717) is 16.6 Å². The Bertz CT molecular complexity index is 1320. The van der Waals surface area contributed by atoms with Gasteiger partial charge in [-0.3, -0.25) is 14.9 Å². The van der Waals surface area contributed by atoms with E-state index in [4.69, 9.17) is 0 Å². The number of benzene rings is 3. The third kappa shape index (κ3) is 2.93. The van der Waals surface area contributed by atoms with E-state index >= 15 is 0 Å². The van der Waals surface area contributed by atoms with Crippen LogP contribution in [0.2, 0.25) is 0 Å². The number of nitro groups is 1. The molecule has 0 aliphatic heterocycles. The van der Waals surface area contributed by atoms with E-state index in [1.807, 2.05) is 54.1 Å². The number of carboxylic acids is 1. The summed E-state index contributed by atoms with van der Waals surface area (Å²) >= 11 is 0. The lowest BCUT2D eigenvalue weighted by Crippen LogP contribution is -2.13. The van der Waals surface area contributed by atoms with Crippen molar-refractivity contribution in [1.82, 2.24) is 4.57 Å². The van der Waals surface area contributed by atoms with Gasteiger partial charge in [-0.15, -0.1) is 0 Å². The van der Waals surface area contributed by atoms with E-state index in [9.17, 15) is 24.8 Å². The minimum absolute atomic E-state index is 0.217. The van der Waals surface area contributed by atoms with Gasteiger partial charge in [-0.25, -0.2) is 4.79 Å². The third-order valence-corrected chi connectivity index (χ3v) is 5.08. The average molecular weight is 400 g/mol. The number of ketones is 1. The van der Waals surface area contributed by atoms with E-state index < -0.39 is 27.9 Å². The molecule has 1 heterocycles. The quantitative estimate of drug-likeness (QED) is 0.298. The van der Waals surface area contributed by atoms with Crippen LogP contribution >= 0.6 is 0 Å². The zero-order chi connectivity index (χ0) is 21.4. The van der Waals surface area contributed by atoms with E-state index in [1.165, 1.54) is 12.1 Å². The number of aryl methyl sites for hydroxylation is 1. The van der Waals surface area contributed by atoms with E-state index in [-0.39, 0.29) is 5.56 Å². The molecule has 0 amide bonds. The number of nitrogens with zero attached hydrogens (tertiary/aromatic N) is 2. The summed E-state index contributed by atoms with van der Waals surface area (Å²) in [6.45, 7) is 0. The lowest BCUT2D eigenvalue weighted by atomic mass is 9.93. The molecule has 0 saturated heterocycles. The second-order valence-corrected chi connectivity index (χ2v) is 6.76. The Morgan fingerprint density at radius 2 is 1.57 bits per heavy atom. The maximum Gasteiger partial charge on any atom is 0.343 e. The van der Waals surface area contributed by atoms with Gasteiger partial charge in [-0.05, 0) is 17.7 Å². The summed E-state index contributed by atoms with van der Waals surface area (Å²) in [7, 11) is 1.83. The molecule has 4 rings (SSSR count). The van der Waals surface area contributed by atoms with Crippen LogP contribution in [0.1, 0.15) is 26.3 Å². The molecule has 1 aromatic heterocycles. The van der Waals surface area contributed by atoms with Crippen molar-refractivity contribution in [3.63, 3.8) is 0 Å². The Kier molecular flexibility index (Phi) is 4.63. The van der Waals surface area contributed by atoms with Crippen LogP contribution in [0.5, 0.6) is 0 Å². The van der Waals surface area contributed by atoms with Crippen molar-refractivity contribution in [1.29, 1.82) is 0 Å². The van der Waals surface area contributed by atoms with Crippen molar-refractivity contribution in [2.75, 3.05) is 0 Å². The van der Waals surface area contributed by atoms with Gasteiger partial charge in [-0.2, -0.15) is 0 Å². The van der Waals surface area contributed by atoms with Crippen LogP contribution in [0, 0.1) is 10.1 Å². The first kappa shape index (κ1) is 19.1. The number of hydrogen-bond donors (Lipinski definition) is 1.